The van der Waals surface area contributed by atoms with Gasteiger partial charge in [-0.05, 0) is 61.1 Å². The van der Waals surface area contributed by atoms with Gasteiger partial charge in [-0.2, -0.15) is 0 Å². The standard InChI is InChI=1S/C25H28N4O/c1-18-13-15-29(16-14-18)24-12-11-23(27-28-24)20-7-9-22(10-8-20)26-25(30)17-21-6-4-3-5-19(21)2/h3-12,18H,13-17H2,1-2H3,(H,26,30). The fourth-order valence-electron chi connectivity index (χ4n) is 3.80. The zero-order chi connectivity index (χ0) is 20.9. The summed E-state index contributed by atoms with van der Waals surface area (Å²) in [5.41, 5.74) is 4.78. The van der Waals surface area contributed by atoms with E-state index >= 15 is 0 Å². The van der Waals surface area contributed by atoms with Gasteiger partial charge in [-0.15, -0.1) is 10.2 Å². The van der Waals surface area contributed by atoms with Gasteiger partial charge in [0.15, 0.2) is 5.82 Å². The Kier molecular flexibility index (Phi) is 6.07. The lowest BCUT2D eigenvalue weighted by atomic mass is 9.99. The first-order chi connectivity index (χ1) is 14.6. The van der Waals surface area contributed by atoms with Crippen molar-refractivity contribution in [2.24, 2.45) is 5.92 Å². The molecule has 1 fully saturated rings. The molecule has 1 N–H and O–H groups in total. The maximum atomic E-state index is 12.4. The van der Waals surface area contributed by atoms with Crippen molar-refractivity contribution in [2.75, 3.05) is 23.3 Å². The van der Waals surface area contributed by atoms with Crippen molar-refractivity contribution >= 4 is 17.4 Å². The average Bonchev–Trinajstić information content (AvgIpc) is 2.77. The number of piperidine rings is 1. The molecule has 0 saturated carbocycles. The van der Waals surface area contributed by atoms with Crippen LogP contribution in [0.15, 0.2) is 60.7 Å². The number of benzene rings is 2. The largest absolute Gasteiger partial charge is 0.355 e. The van der Waals surface area contributed by atoms with Crippen LogP contribution in [0.25, 0.3) is 11.3 Å². The minimum Gasteiger partial charge on any atom is -0.355 e. The molecule has 0 aliphatic carbocycles. The predicted octanol–water partition coefficient (Wildman–Crippen LogP) is 4.87. The van der Waals surface area contributed by atoms with Crippen LogP contribution in [0.2, 0.25) is 0 Å². The van der Waals surface area contributed by atoms with Crippen LogP contribution in [0.3, 0.4) is 0 Å². The fourth-order valence-corrected chi connectivity index (χ4v) is 3.80. The van der Waals surface area contributed by atoms with Gasteiger partial charge in [-0.3, -0.25) is 4.79 Å². The molecule has 0 spiro atoms. The Morgan fingerprint density at radius 3 is 2.40 bits per heavy atom. The van der Waals surface area contributed by atoms with Gasteiger partial charge < -0.3 is 10.2 Å². The van der Waals surface area contributed by atoms with Crippen LogP contribution in [0.5, 0.6) is 0 Å². The molecule has 30 heavy (non-hydrogen) atoms. The average molecular weight is 401 g/mol. The summed E-state index contributed by atoms with van der Waals surface area (Å²) in [6.07, 6.45) is 2.79. The molecule has 1 aliphatic rings. The molecule has 1 aromatic heterocycles. The third kappa shape index (κ3) is 4.85. The summed E-state index contributed by atoms with van der Waals surface area (Å²) in [5, 5.41) is 11.8. The highest BCUT2D eigenvalue weighted by atomic mass is 16.1. The number of carbonyl (C=O) groups is 1. The SMILES string of the molecule is Cc1ccccc1CC(=O)Nc1ccc(-c2ccc(N3CCC(C)CC3)nn2)cc1. The second-order valence-electron chi connectivity index (χ2n) is 8.18. The summed E-state index contributed by atoms with van der Waals surface area (Å²) in [5.74, 6) is 1.73. The Bertz CT molecular complexity index is 990. The fraction of sp³-hybridized carbons (Fsp3) is 0.320. The lowest BCUT2D eigenvalue weighted by Gasteiger charge is -2.30. The molecule has 1 amide bonds. The lowest BCUT2D eigenvalue weighted by Crippen LogP contribution is -2.33. The number of amides is 1. The highest BCUT2D eigenvalue weighted by molar-refractivity contribution is 5.92. The highest BCUT2D eigenvalue weighted by Crippen LogP contribution is 2.24. The molecule has 1 aliphatic heterocycles. The van der Waals surface area contributed by atoms with E-state index in [4.69, 9.17) is 0 Å². The Labute approximate surface area is 178 Å². The maximum Gasteiger partial charge on any atom is 0.228 e. The quantitative estimate of drug-likeness (QED) is 0.664. The van der Waals surface area contributed by atoms with E-state index in [1.54, 1.807) is 0 Å². The zero-order valence-corrected chi connectivity index (χ0v) is 17.6. The smallest absolute Gasteiger partial charge is 0.228 e. The molecule has 154 valence electrons. The summed E-state index contributed by atoms with van der Waals surface area (Å²) in [6.45, 7) is 6.43. The Balaban J connectivity index is 1.37. The van der Waals surface area contributed by atoms with Gasteiger partial charge in [0.05, 0.1) is 12.1 Å². The monoisotopic (exact) mass is 400 g/mol. The van der Waals surface area contributed by atoms with E-state index in [9.17, 15) is 4.79 Å². The van der Waals surface area contributed by atoms with Gasteiger partial charge in [0.25, 0.3) is 0 Å². The second-order valence-corrected chi connectivity index (χ2v) is 8.18. The Morgan fingerprint density at radius 2 is 1.73 bits per heavy atom. The van der Waals surface area contributed by atoms with Gasteiger partial charge in [-0.25, -0.2) is 0 Å². The molecule has 3 aromatic rings. The van der Waals surface area contributed by atoms with E-state index in [0.29, 0.717) is 6.42 Å². The highest BCUT2D eigenvalue weighted by Gasteiger charge is 2.17. The summed E-state index contributed by atoms with van der Waals surface area (Å²) in [7, 11) is 0. The minimum absolute atomic E-state index is 0.0166. The van der Waals surface area contributed by atoms with Crippen LogP contribution in [0, 0.1) is 12.8 Å². The van der Waals surface area contributed by atoms with Crippen molar-refractivity contribution in [3.05, 3.63) is 71.8 Å². The first kappa shape index (κ1) is 20.1. The third-order valence-electron chi connectivity index (χ3n) is 5.83. The Morgan fingerprint density at radius 1 is 1.00 bits per heavy atom. The number of anilines is 2. The topological polar surface area (TPSA) is 58.1 Å². The van der Waals surface area contributed by atoms with Gasteiger partial charge in [0, 0.05) is 24.3 Å². The molecule has 2 aromatic carbocycles. The summed E-state index contributed by atoms with van der Waals surface area (Å²) in [4.78, 5) is 14.7. The summed E-state index contributed by atoms with van der Waals surface area (Å²) < 4.78 is 0. The van der Waals surface area contributed by atoms with Crippen molar-refractivity contribution in [2.45, 2.75) is 33.1 Å². The normalized spacial score (nSPS) is 14.5. The molecule has 0 bridgehead atoms. The van der Waals surface area contributed by atoms with Gasteiger partial charge in [0.1, 0.15) is 0 Å². The molecule has 5 heteroatoms. The van der Waals surface area contributed by atoms with Crippen LogP contribution in [0.4, 0.5) is 11.5 Å². The van der Waals surface area contributed by atoms with Gasteiger partial charge in [-0.1, -0.05) is 43.3 Å². The van der Waals surface area contributed by atoms with Crippen molar-refractivity contribution in [3.8, 4) is 11.3 Å². The molecule has 0 unspecified atom stereocenters. The number of hydrogen-bond donors (Lipinski definition) is 1. The van der Waals surface area contributed by atoms with Gasteiger partial charge >= 0.3 is 0 Å². The number of hydrogen-bond acceptors (Lipinski definition) is 4. The van der Waals surface area contributed by atoms with Crippen LogP contribution >= 0.6 is 0 Å². The van der Waals surface area contributed by atoms with E-state index in [1.807, 2.05) is 61.5 Å². The third-order valence-corrected chi connectivity index (χ3v) is 5.83. The second kappa shape index (κ2) is 9.08. The molecule has 2 heterocycles. The van der Waals surface area contributed by atoms with Crippen molar-refractivity contribution in [1.82, 2.24) is 10.2 Å². The number of nitrogens with zero attached hydrogens (tertiary/aromatic N) is 3. The maximum absolute atomic E-state index is 12.4. The summed E-state index contributed by atoms with van der Waals surface area (Å²) >= 11 is 0. The number of carbonyl (C=O) groups excluding carboxylic acids is 1. The number of aryl methyl sites for hydroxylation is 1. The van der Waals surface area contributed by atoms with Crippen molar-refractivity contribution < 1.29 is 4.79 Å². The van der Waals surface area contributed by atoms with Crippen molar-refractivity contribution in [3.63, 3.8) is 0 Å². The first-order valence-electron chi connectivity index (χ1n) is 10.6. The molecule has 1 saturated heterocycles. The van der Waals surface area contributed by atoms with E-state index in [1.165, 1.54) is 12.8 Å². The number of nitrogens with one attached hydrogen (secondary N) is 1. The van der Waals surface area contributed by atoms with E-state index in [0.717, 1.165) is 52.9 Å². The molecular formula is C25H28N4O. The molecule has 4 rings (SSSR count). The molecule has 0 radical (unpaired) electrons. The van der Waals surface area contributed by atoms with E-state index in [-0.39, 0.29) is 5.91 Å². The van der Waals surface area contributed by atoms with Crippen LogP contribution in [-0.2, 0) is 11.2 Å². The molecule has 0 atom stereocenters. The number of rotatable bonds is 5. The summed E-state index contributed by atoms with van der Waals surface area (Å²) in [6, 6.07) is 19.8. The molecular weight excluding hydrogens is 372 g/mol. The van der Waals surface area contributed by atoms with Crippen molar-refractivity contribution in [1.29, 1.82) is 0 Å². The predicted molar refractivity (Wildman–Crippen MR) is 122 cm³/mol. The zero-order valence-electron chi connectivity index (χ0n) is 17.6. The van der Waals surface area contributed by atoms with E-state index in [2.05, 4.69) is 33.4 Å². The van der Waals surface area contributed by atoms with Gasteiger partial charge in [0.2, 0.25) is 5.91 Å². The molecule has 5 nitrogen and oxygen atoms in total. The van der Waals surface area contributed by atoms with Crippen LogP contribution in [0.1, 0.15) is 30.9 Å². The lowest BCUT2D eigenvalue weighted by molar-refractivity contribution is -0.115. The Hall–Kier alpha value is -3.21. The van der Waals surface area contributed by atoms with Crippen LogP contribution in [-0.4, -0.2) is 29.2 Å². The van der Waals surface area contributed by atoms with E-state index < -0.39 is 0 Å². The number of aromatic nitrogens is 2. The minimum atomic E-state index is -0.0166. The first-order valence-corrected chi connectivity index (χ1v) is 10.6. The van der Waals surface area contributed by atoms with Crippen LogP contribution < -0.4 is 10.2 Å².